The lowest BCUT2D eigenvalue weighted by atomic mass is 10.1. The van der Waals surface area contributed by atoms with Crippen molar-refractivity contribution in [1.29, 1.82) is 0 Å². The lowest BCUT2D eigenvalue weighted by molar-refractivity contribution is -0.394. The normalized spacial score (nSPS) is 11.2. The van der Waals surface area contributed by atoms with Crippen LogP contribution in [0.5, 0.6) is 5.75 Å². The van der Waals surface area contributed by atoms with E-state index in [2.05, 4.69) is 25.9 Å². The molecule has 126 valence electrons. The number of tetrazole rings is 1. The zero-order chi connectivity index (χ0) is 17.5. The number of benzene rings is 1. The highest BCUT2D eigenvalue weighted by atomic mass is 16.6. The van der Waals surface area contributed by atoms with E-state index in [9.17, 15) is 14.9 Å². The molecule has 1 N–H and O–H groups in total. The van der Waals surface area contributed by atoms with Crippen molar-refractivity contribution in [3.8, 4) is 5.75 Å². The highest BCUT2D eigenvalue weighted by molar-refractivity contribution is 5.84. The van der Waals surface area contributed by atoms with Crippen molar-refractivity contribution in [2.24, 2.45) is 5.10 Å². The summed E-state index contributed by atoms with van der Waals surface area (Å²) < 4.78 is 5.04. The summed E-state index contributed by atoms with van der Waals surface area (Å²) in [4.78, 5) is 22.6. The van der Waals surface area contributed by atoms with E-state index in [-0.39, 0.29) is 18.9 Å². The molecule has 0 atom stereocenters. The molecule has 0 spiro atoms. The topological polar surface area (TPSA) is 137 Å². The van der Waals surface area contributed by atoms with Gasteiger partial charge in [0.05, 0.1) is 29.4 Å². The van der Waals surface area contributed by atoms with Crippen LogP contribution in [-0.4, -0.2) is 43.9 Å². The number of hydrogen-bond donors (Lipinski definition) is 1. The number of hydrazone groups is 1. The van der Waals surface area contributed by atoms with Gasteiger partial charge < -0.3 is 14.9 Å². The number of aromatic nitrogens is 4. The van der Waals surface area contributed by atoms with Crippen LogP contribution in [-0.2, 0) is 17.8 Å². The van der Waals surface area contributed by atoms with E-state index in [0.717, 1.165) is 10.4 Å². The molecule has 11 nitrogen and oxygen atoms in total. The Labute approximate surface area is 136 Å². The summed E-state index contributed by atoms with van der Waals surface area (Å²) in [7, 11) is 1.57. The number of nitrogens with zero attached hydrogens (tertiary/aromatic N) is 6. The molecule has 0 aliphatic heterocycles. The second-order valence-corrected chi connectivity index (χ2v) is 4.78. The molecule has 0 aliphatic carbocycles. The summed E-state index contributed by atoms with van der Waals surface area (Å²) in [5, 5.41) is 24.7. The van der Waals surface area contributed by atoms with E-state index >= 15 is 0 Å². The van der Waals surface area contributed by atoms with Crippen molar-refractivity contribution in [3.63, 3.8) is 0 Å². The SMILES string of the molecule is COc1ccc(CC(=O)N/N=C(/C)Cn2nnc([N+](=O)[O-])n2)cc1. The third-order valence-corrected chi connectivity index (χ3v) is 2.87. The zero-order valence-electron chi connectivity index (χ0n) is 13.0. The van der Waals surface area contributed by atoms with E-state index in [1.54, 1.807) is 38.3 Å². The molecule has 0 saturated heterocycles. The predicted octanol–water partition coefficient (Wildman–Crippen LogP) is 0.325. The maximum atomic E-state index is 11.8. The largest absolute Gasteiger partial charge is 0.514 e. The van der Waals surface area contributed by atoms with Gasteiger partial charge in [0.1, 0.15) is 12.3 Å². The Hall–Kier alpha value is -3.37. The molecule has 1 amide bonds. The number of rotatable bonds is 7. The number of amides is 1. The third-order valence-electron chi connectivity index (χ3n) is 2.87. The van der Waals surface area contributed by atoms with Crippen molar-refractivity contribution in [1.82, 2.24) is 25.6 Å². The quantitative estimate of drug-likeness (QED) is 0.437. The number of hydrogen-bond acceptors (Lipinski definition) is 8. The van der Waals surface area contributed by atoms with Crippen LogP contribution in [0.15, 0.2) is 29.4 Å². The molecule has 0 aliphatic rings. The van der Waals surface area contributed by atoms with Crippen molar-refractivity contribution in [2.45, 2.75) is 19.9 Å². The lowest BCUT2D eigenvalue weighted by Gasteiger charge is -2.03. The minimum Gasteiger partial charge on any atom is -0.497 e. The fourth-order valence-electron chi connectivity index (χ4n) is 1.74. The van der Waals surface area contributed by atoms with Crippen LogP contribution in [0.3, 0.4) is 0 Å². The van der Waals surface area contributed by atoms with Crippen molar-refractivity contribution in [3.05, 3.63) is 39.9 Å². The second kappa shape index (κ2) is 7.76. The zero-order valence-corrected chi connectivity index (χ0v) is 13.0. The average molecular weight is 333 g/mol. The first kappa shape index (κ1) is 17.0. The summed E-state index contributed by atoms with van der Waals surface area (Å²) in [6.07, 6.45) is 0.161. The Kier molecular flexibility index (Phi) is 5.49. The summed E-state index contributed by atoms with van der Waals surface area (Å²) in [5.41, 5.74) is 3.68. The molecule has 24 heavy (non-hydrogen) atoms. The second-order valence-electron chi connectivity index (χ2n) is 4.78. The highest BCUT2D eigenvalue weighted by Gasteiger charge is 2.15. The first-order chi connectivity index (χ1) is 11.5. The van der Waals surface area contributed by atoms with Crippen molar-refractivity contribution >= 4 is 17.6 Å². The van der Waals surface area contributed by atoms with Gasteiger partial charge in [-0.15, -0.1) is 0 Å². The number of nitro groups is 1. The Bertz CT molecular complexity index is 754. The van der Waals surface area contributed by atoms with Crippen LogP contribution in [0.2, 0.25) is 0 Å². The highest BCUT2D eigenvalue weighted by Crippen LogP contribution is 2.11. The van der Waals surface area contributed by atoms with Gasteiger partial charge >= 0.3 is 5.95 Å². The molecule has 1 aromatic carbocycles. The predicted molar refractivity (Wildman–Crippen MR) is 82.4 cm³/mol. The third kappa shape index (κ3) is 4.83. The van der Waals surface area contributed by atoms with Gasteiger partial charge in [-0.25, -0.2) is 5.43 Å². The van der Waals surface area contributed by atoms with E-state index in [1.165, 1.54) is 0 Å². The van der Waals surface area contributed by atoms with Gasteiger partial charge in [-0.2, -0.15) is 5.10 Å². The van der Waals surface area contributed by atoms with Gasteiger partial charge in [-0.1, -0.05) is 16.9 Å². The first-order valence-electron chi connectivity index (χ1n) is 6.85. The standard InChI is InChI=1S/C13H15N7O4/c1-9(8-19-17-13(16-18-19)20(22)23)14-15-12(21)7-10-3-5-11(24-2)6-4-10/h3-6H,7-8H2,1-2H3,(H,15,21)/b14-9-. The fraction of sp³-hybridized carbons (Fsp3) is 0.308. The van der Waals surface area contributed by atoms with Gasteiger partial charge in [-0.05, 0) is 29.5 Å². The monoisotopic (exact) mass is 333 g/mol. The van der Waals surface area contributed by atoms with Crippen LogP contribution < -0.4 is 10.2 Å². The summed E-state index contributed by atoms with van der Waals surface area (Å²) in [6, 6.07) is 7.10. The van der Waals surface area contributed by atoms with Crippen molar-refractivity contribution in [2.75, 3.05) is 7.11 Å². The maximum absolute atomic E-state index is 11.8. The molecule has 2 rings (SSSR count). The Morgan fingerprint density at radius 1 is 1.42 bits per heavy atom. The average Bonchev–Trinajstić information content (AvgIpc) is 3.02. The number of carbonyl (C=O) groups excluding carboxylic acids is 1. The molecule has 1 aromatic heterocycles. The Morgan fingerprint density at radius 2 is 2.12 bits per heavy atom. The van der Waals surface area contributed by atoms with E-state index in [1.807, 2.05) is 0 Å². The molecule has 2 aromatic rings. The molecule has 0 bridgehead atoms. The molecular formula is C13H15N7O4. The number of carbonyl (C=O) groups is 1. The van der Waals surface area contributed by atoms with Gasteiger partial charge in [0.25, 0.3) is 0 Å². The van der Waals surface area contributed by atoms with Gasteiger partial charge in [0.2, 0.25) is 5.91 Å². The molecule has 11 heteroatoms. The molecule has 0 radical (unpaired) electrons. The number of methoxy groups -OCH3 is 1. The fourth-order valence-corrected chi connectivity index (χ4v) is 1.74. The van der Waals surface area contributed by atoms with Crippen LogP contribution >= 0.6 is 0 Å². The van der Waals surface area contributed by atoms with E-state index < -0.39 is 10.9 Å². The number of nitrogens with one attached hydrogen (secondary N) is 1. The summed E-state index contributed by atoms with van der Waals surface area (Å²) in [6.45, 7) is 1.70. The van der Waals surface area contributed by atoms with Gasteiger partial charge in [-0.3, -0.25) is 4.79 Å². The molecule has 0 fully saturated rings. The van der Waals surface area contributed by atoms with Gasteiger partial charge in [0, 0.05) is 5.21 Å². The molecule has 0 saturated carbocycles. The first-order valence-corrected chi connectivity index (χ1v) is 6.85. The summed E-state index contributed by atoms with van der Waals surface area (Å²) in [5.74, 6) is -0.175. The van der Waals surface area contributed by atoms with Crippen LogP contribution in [0, 0.1) is 10.1 Å². The Morgan fingerprint density at radius 3 is 2.71 bits per heavy atom. The van der Waals surface area contributed by atoms with Crippen LogP contribution in [0.1, 0.15) is 12.5 Å². The smallest absolute Gasteiger partial charge is 0.497 e. The number of ether oxygens (including phenoxy) is 1. The summed E-state index contributed by atoms with van der Waals surface area (Å²) >= 11 is 0. The minimum absolute atomic E-state index is 0.0731. The lowest BCUT2D eigenvalue weighted by Crippen LogP contribution is -2.22. The van der Waals surface area contributed by atoms with Crippen LogP contribution in [0.25, 0.3) is 0 Å². The van der Waals surface area contributed by atoms with E-state index in [0.29, 0.717) is 11.5 Å². The molecule has 1 heterocycles. The van der Waals surface area contributed by atoms with Gasteiger partial charge in [0.15, 0.2) is 0 Å². The maximum Gasteiger partial charge on any atom is 0.514 e. The Balaban J connectivity index is 1.86. The minimum atomic E-state index is -0.743. The molecular weight excluding hydrogens is 318 g/mol. The molecule has 0 unspecified atom stereocenters. The van der Waals surface area contributed by atoms with E-state index in [4.69, 9.17) is 4.74 Å². The van der Waals surface area contributed by atoms with Crippen molar-refractivity contribution < 1.29 is 14.5 Å². The van der Waals surface area contributed by atoms with Crippen LogP contribution in [0.4, 0.5) is 5.95 Å².